The molecule has 0 saturated carbocycles. The fourth-order valence-corrected chi connectivity index (χ4v) is 3.84. The number of hydrogen-bond acceptors (Lipinski definition) is 6. The number of ketones is 2. The van der Waals surface area contributed by atoms with Crippen molar-refractivity contribution in [2.45, 2.75) is 18.2 Å². The number of rotatable bonds is 4. The molecule has 0 unspecified atom stereocenters. The average molecular weight is 412 g/mol. The SMILES string of the molecule is CCc1cccc(Nc2cc(S[O-])c(N)c3c2C(=O)c2ccccc2C3=O)c1.[Na+]. The molecule has 1 aliphatic rings. The Balaban J connectivity index is 0.00000240. The quantitative estimate of drug-likeness (QED) is 0.300. The molecule has 0 radical (unpaired) electrons. The first-order valence-corrected chi connectivity index (χ1v) is 9.60. The molecule has 3 N–H and O–H groups in total. The molecule has 140 valence electrons. The fourth-order valence-electron chi connectivity index (χ4n) is 3.49. The molecule has 0 atom stereocenters. The molecule has 0 fully saturated rings. The second kappa shape index (κ2) is 8.73. The second-order valence-corrected chi connectivity index (χ2v) is 7.16. The van der Waals surface area contributed by atoms with Crippen LogP contribution in [0.2, 0.25) is 0 Å². The summed E-state index contributed by atoms with van der Waals surface area (Å²) in [5.41, 5.74) is 9.41. The molecule has 0 aliphatic heterocycles. The third kappa shape index (κ3) is 3.74. The van der Waals surface area contributed by atoms with Crippen LogP contribution in [0.25, 0.3) is 0 Å². The first-order valence-electron chi connectivity index (χ1n) is 8.85. The zero-order valence-corrected chi connectivity index (χ0v) is 18.9. The maximum atomic E-state index is 13.2. The molecule has 3 aromatic rings. The molecular weight excluding hydrogens is 395 g/mol. The minimum Gasteiger partial charge on any atom is -0.795 e. The van der Waals surface area contributed by atoms with E-state index in [0.717, 1.165) is 17.7 Å². The molecule has 0 heterocycles. The van der Waals surface area contributed by atoms with Crippen molar-refractivity contribution in [3.8, 4) is 0 Å². The summed E-state index contributed by atoms with van der Waals surface area (Å²) in [5.74, 6) is -0.627. The monoisotopic (exact) mass is 412 g/mol. The van der Waals surface area contributed by atoms with Gasteiger partial charge in [-0.25, -0.2) is 12.0 Å². The van der Waals surface area contributed by atoms with Gasteiger partial charge < -0.3 is 15.6 Å². The number of anilines is 3. The smallest absolute Gasteiger partial charge is 0.795 e. The van der Waals surface area contributed by atoms with Crippen molar-refractivity contribution in [3.63, 3.8) is 0 Å². The third-order valence-corrected chi connectivity index (χ3v) is 5.42. The average Bonchev–Trinajstić information content (AvgIpc) is 2.73. The van der Waals surface area contributed by atoms with Crippen LogP contribution < -0.4 is 40.6 Å². The number of hydrogen-bond donors (Lipinski definition) is 2. The molecule has 5 nitrogen and oxygen atoms in total. The van der Waals surface area contributed by atoms with Gasteiger partial charge in [-0.3, -0.25) is 9.59 Å². The Bertz CT molecular complexity index is 1130. The third-order valence-electron chi connectivity index (χ3n) is 4.90. The largest absolute Gasteiger partial charge is 1.00 e. The topological polar surface area (TPSA) is 95.2 Å². The number of benzene rings is 3. The zero-order valence-electron chi connectivity index (χ0n) is 16.1. The van der Waals surface area contributed by atoms with Crippen LogP contribution in [-0.4, -0.2) is 16.1 Å². The van der Waals surface area contributed by atoms with Crippen LogP contribution in [0.3, 0.4) is 0 Å². The van der Waals surface area contributed by atoms with Crippen molar-refractivity contribution in [1.29, 1.82) is 0 Å². The molecule has 29 heavy (non-hydrogen) atoms. The van der Waals surface area contributed by atoms with E-state index in [9.17, 15) is 14.1 Å². The Hall–Kier alpha value is -2.09. The van der Waals surface area contributed by atoms with E-state index in [1.54, 1.807) is 30.3 Å². The van der Waals surface area contributed by atoms with E-state index in [2.05, 4.69) is 12.2 Å². The summed E-state index contributed by atoms with van der Waals surface area (Å²) in [4.78, 5) is 26.5. The summed E-state index contributed by atoms with van der Waals surface area (Å²) in [6, 6.07) is 16.0. The predicted octanol–water partition coefficient (Wildman–Crippen LogP) is 1.58. The van der Waals surface area contributed by atoms with Gasteiger partial charge in [-0.05, 0) is 30.2 Å². The van der Waals surface area contributed by atoms with Gasteiger partial charge >= 0.3 is 29.6 Å². The molecule has 0 saturated heterocycles. The van der Waals surface area contributed by atoms with Gasteiger partial charge in [0.2, 0.25) is 0 Å². The Kier molecular flexibility index (Phi) is 6.51. The first-order chi connectivity index (χ1) is 13.5. The Morgan fingerprint density at radius 3 is 2.24 bits per heavy atom. The Labute approximate surface area is 195 Å². The molecule has 0 spiro atoms. The Morgan fingerprint density at radius 1 is 0.966 bits per heavy atom. The summed E-state index contributed by atoms with van der Waals surface area (Å²) in [7, 11) is 0. The van der Waals surface area contributed by atoms with Gasteiger partial charge in [-0.2, -0.15) is 0 Å². The second-order valence-electron chi connectivity index (χ2n) is 6.55. The van der Waals surface area contributed by atoms with Crippen molar-refractivity contribution < 1.29 is 43.7 Å². The van der Waals surface area contributed by atoms with Crippen molar-refractivity contribution in [1.82, 2.24) is 0 Å². The van der Waals surface area contributed by atoms with Gasteiger partial charge in [0.05, 0.1) is 22.5 Å². The number of carbonyl (C=O) groups is 2. The van der Waals surface area contributed by atoms with Gasteiger partial charge in [0.15, 0.2) is 11.6 Å². The van der Waals surface area contributed by atoms with E-state index < -0.39 is 0 Å². The van der Waals surface area contributed by atoms with Crippen molar-refractivity contribution in [2.24, 2.45) is 0 Å². The van der Waals surface area contributed by atoms with Crippen LogP contribution in [-0.2, 0) is 6.42 Å². The molecule has 0 amide bonds. The number of carbonyl (C=O) groups excluding carboxylic acids is 2. The summed E-state index contributed by atoms with van der Waals surface area (Å²) >= 11 is 0.207. The van der Waals surface area contributed by atoms with E-state index in [-0.39, 0.29) is 74.9 Å². The normalized spacial score (nSPS) is 12.1. The van der Waals surface area contributed by atoms with Crippen molar-refractivity contribution in [3.05, 3.63) is 82.4 Å². The van der Waals surface area contributed by atoms with Gasteiger partial charge in [0.25, 0.3) is 0 Å². The molecule has 4 rings (SSSR count). The summed E-state index contributed by atoms with van der Waals surface area (Å²) in [6.07, 6.45) is 0.863. The van der Waals surface area contributed by atoms with Gasteiger partial charge in [0.1, 0.15) is 0 Å². The Morgan fingerprint density at radius 2 is 1.62 bits per heavy atom. The van der Waals surface area contributed by atoms with Crippen LogP contribution in [0.5, 0.6) is 0 Å². The molecule has 0 bridgehead atoms. The maximum Gasteiger partial charge on any atom is 1.00 e. The van der Waals surface area contributed by atoms with Crippen molar-refractivity contribution in [2.75, 3.05) is 11.1 Å². The van der Waals surface area contributed by atoms with Crippen LogP contribution in [0.4, 0.5) is 17.1 Å². The molecular formula is C22H17N2NaO3S. The van der Waals surface area contributed by atoms with E-state index >= 15 is 0 Å². The van der Waals surface area contributed by atoms with Crippen LogP contribution in [0.1, 0.15) is 44.3 Å². The first kappa shape index (κ1) is 21.6. The zero-order chi connectivity index (χ0) is 19.8. The minimum absolute atomic E-state index is 0. The molecule has 7 heteroatoms. The fraction of sp³-hybridized carbons (Fsp3) is 0.0909. The van der Waals surface area contributed by atoms with Crippen LogP contribution in [0, 0.1) is 0 Å². The van der Waals surface area contributed by atoms with E-state index in [0.29, 0.717) is 16.8 Å². The number of fused-ring (bicyclic) bond motifs is 2. The van der Waals surface area contributed by atoms with E-state index in [1.165, 1.54) is 0 Å². The van der Waals surface area contributed by atoms with Crippen molar-refractivity contribution >= 4 is 40.7 Å². The van der Waals surface area contributed by atoms with Gasteiger partial charge in [-0.15, -0.1) is 0 Å². The number of nitrogens with two attached hydrogens (primary N) is 1. The molecule has 1 aliphatic carbocycles. The number of aryl methyl sites for hydroxylation is 1. The van der Waals surface area contributed by atoms with Crippen LogP contribution in [0.15, 0.2) is 59.5 Å². The standard InChI is InChI=1S/C22H18N2O3S.Na/c1-2-12-6-5-7-13(10-12)24-16-11-17(28-27)20(23)19-18(16)21(25)14-8-3-4-9-15(14)22(19)26;/h3-11,24,27H,2,23H2,1H3;/q;+1/p-1. The van der Waals surface area contributed by atoms with E-state index in [4.69, 9.17) is 5.73 Å². The van der Waals surface area contributed by atoms with Gasteiger partial charge in [-0.1, -0.05) is 43.3 Å². The molecule has 3 aromatic carbocycles. The summed E-state index contributed by atoms with van der Waals surface area (Å²) in [5, 5.41) is 3.21. The minimum atomic E-state index is -0.344. The maximum absolute atomic E-state index is 13.2. The van der Waals surface area contributed by atoms with E-state index in [1.807, 2.05) is 24.3 Å². The number of nitrogen functional groups attached to an aromatic ring is 1. The number of nitrogens with one attached hydrogen (secondary N) is 1. The molecule has 0 aromatic heterocycles. The summed E-state index contributed by atoms with van der Waals surface area (Å²) < 4.78 is 11.6. The van der Waals surface area contributed by atoms with Crippen LogP contribution >= 0.6 is 12.0 Å². The van der Waals surface area contributed by atoms with Gasteiger partial charge in [0, 0.05) is 21.7 Å². The summed E-state index contributed by atoms with van der Waals surface area (Å²) in [6.45, 7) is 2.05. The predicted molar refractivity (Wildman–Crippen MR) is 110 cm³/mol.